The third-order valence-corrected chi connectivity index (χ3v) is 4.04. The highest BCUT2D eigenvalue weighted by Gasteiger charge is 2.05. The van der Waals surface area contributed by atoms with E-state index in [4.69, 9.17) is 11.6 Å². The van der Waals surface area contributed by atoms with Crippen LogP contribution in [-0.4, -0.2) is 22.1 Å². The summed E-state index contributed by atoms with van der Waals surface area (Å²) in [5.74, 6) is -0.366. The number of carbonyl (C=O) groups excluding carboxylic acids is 1. The van der Waals surface area contributed by atoms with Gasteiger partial charge in [-0.3, -0.25) is 9.78 Å². The predicted octanol–water partition coefficient (Wildman–Crippen LogP) is 3.62. The SMILES string of the molecule is O=C(N/N=C\c1csc(-c2ccc(Cl)cc2)n1)c1ccccn1. The van der Waals surface area contributed by atoms with Gasteiger partial charge in [-0.05, 0) is 24.3 Å². The second-order valence-electron chi connectivity index (χ2n) is 4.50. The van der Waals surface area contributed by atoms with Gasteiger partial charge in [-0.2, -0.15) is 5.10 Å². The molecule has 2 heterocycles. The van der Waals surface area contributed by atoms with Crippen LogP contribution in [0, 0.1) is 0 Å². The van der Waals surface area contributed by atoms with Crippen LogP contribution in [0.3, 0.4) is 0 Å². The van der Waals surface area contributed by atoms with E-state index in [-0.39, 0.29) is 5.91 Å². The molecule has 3 aromatic rings. The van der Waals surface area contributed by atoms with Gasteiger partial charge in [0, 0.05) is 22.2 Å². The first-order chi connectivity index (χ1) is 11.2. The van der Waals surface area contributed by atoms with Crippen molar-refractivity contribution in [3.63, 3.8) is 0 Å². The standard InChI is InChI=1S/C16H11ClN4OS/c17-12-6-4-11(5-7-12)16-20-13(10-23-16)9-19-21-15(22)14-3-1-2-8-18-14/h1-10H,(H,21,22)/b19-9-. The van der Waals surface area contributed by atoms with Crippen molar-refractivity contribution >= 4 is 35.1 Å². The first-order valence-electron chi connectivity index (χ1n) is 6.68. The number of nitrogens with zero attached hydrogens (tertiary/aromatic N) is 3. The molecule has 114 valence electrons. The minimum absolute atomic E-state index is 0.310. The van der Waals surface area contributed by atoms with Crippen molar-refractivity contribution in [1.82, 2.24) is 15.4 Å². The predicted molar refractivity (Wildman–Crippen MR) is 91.9 cm³/mol. The summed E-state index contributed by atoms with van der Waals surface area (Å²) >= 11 is 7.36. The van der Waals surface area contributed by atoms with E-state index in [9.17, 15) is 4.79 Å². The molecule has 1 N–H and O–H groups in total. The zero-order valence-electron chi connectivity index (χ0n) is 11.8. The van der Waals surface area contributed by atoms with Gasteiger partial charge in [0.15, 0.2) is 0 Å². The maximum Gasteiger partial charge on any atom is 0.289 e. The number of carbonyl (C=O) groups is 1. The summed E-state index contributed by atoms with van der Waals surface area (Å²) < 4.78 is 0. The zero-order valence-corrected chi connectivity index (χ0v) is 13.4. The van der Waals surface area contributed by atoms with Crippen LogP contribution in [0.2, 0.25) is 5.02 Å². The van der Waals surface area contributed by atoms with E-state index >= 15 is 0 Å². The first-order valence-corrected chi connectivity index (χ1v) is 7.94. The van der Waals surface area contributed by atoms with Crippen LogP contribution in [0.25, 0.3) is 10.6 Å². The van der Waals surface area contributed by atoms with Crippen LogP contribution >= 0.6 is 22.9 Å². The highest BCUT2D eigenvalue weighted by Crippen LogP contribution is 2.24. The molecule has 0 aliphatic carbocycles. The molecule has 0 fully saturated rings. The highest BCUT2D eigenvalue weighted by atomic mass is 35.5. The number of benzene rings is 1. The third kappa shape index (κ3) is 4.00. The van der Waals surface area contributed by atoms with E-state index in [1.54, 1.807) is 24.4 Å². The second-order valence-corrected chi connectivity index (χ2v) is 5.79. The number of aromatic nitrogens is 2. The molecule has 0 spiro atoms. The Morgan fingerprint density at radius 2 is 2.04 bits per heavy atom. The van der Waals surface area contributed by atoms with Gasteiger partial charge in [0.2, 0.25) is 0 Å². The molecule has 2 aromatic heterocycles. The molecular formula is C16H11ClN4OS. The van der Waals surface area contributed by atoms with Crippen LogP contribution in [-0.2, 0) is 0 Å². The smallest absolute Gasteiger partial charge is 0.266 e. The molecule has 7 heteroatoms. The Morgan fingerprint density at radius 3 is 2.78 bits per heavy atom. The summed E-state index contributed by atoms with van der Waals surface area (Å²) in [6.45, 7) is 0. The van der Waals surface area contributed by atoms with Gasteiger partial charge in [-0.15, -0.1) is 11.3 Å². The Bertz CT molecular complexity index is 831. The van der Waals surface area contributed by atoms with Crippen LogP contribution in [0.5, 0.6) is 0 Å². The van der Waals surface area contributed by atoms with Gasteiger partial charge in [-0.1, -0.05) is 29.8 Å². The molecule has 1 amide bonds. The van der Waals surface area contributed by atoms with Crippen molar-refractivity contribution < 1.29 is 4.79 Å². The summed E-state index contributed by atoms with van der Waals surface area (Å²) in [5.41, 5.74) is 4.38. The number of thiazole rings is 1. The molecule has 0 saturated heterocycles. The number of halogens is 1. The van der Waals surface area contributed by atoms with Crippen molar-refractivity contribution in [2.75, 3.05) is 0 Å². The fourth-order valence-corrected chi connectivity index (χ4v) is 2.68. The first kappa shape index (κ1) is 15.3. The maximum absolute atomic E-state index is 11.8. The lowest BCUT2D eigenvalue weighted by atomic mass is 10.2. The molecule has 5 nitrogen and oxygen atoms in total. The molecule has 0 unspecified atom stereocenters. The molecule has 3 rings (SSSR count). The topological polar surface area (TPSA) is 67.2 Å². The molecule has 23 heavy (non-hydrogen) atoms. The average Bonchev–Trinajstić information content (AvgIpc) is 3.05. The Labute approximate surface area is 141 Å². The van der Waals surface area contributed by atoms with Crippen LogP contribution in [0.15, 0.2) is 59.1 Å². The lowest BCUT2D eigenvalue weighted by molar-refractivity contribution is 0.0950. The highest BCUT2D eigenvalue weighted by molar-refractivity contribution is 7.13. The number of hydrogen-bond acceptors (Lipinski definition) is 5. The summed E-state index contributed by atoms with van der Waals surface area (Å²) in [6, 6.07) is 12.6. The molecule has 0 bridgehead atoms. The van der Waals surface area contributed by atoms with E-state index in [1.807, 2.05) is 29.6 Å². The van der Waals surface area contributed by atoms with Crippen molar-refractivity contribution in [3.05, 3.63) is 70.5 Å². The second kappa shape index (κ2) is 7.13. The molecule has 0 aliphatic rings. The number of rotatable bonds is 4. The van der Waals surface area contributed by atoms with Crippen LogP contribution in [0.1, 0.15) is 16.2 Å². The van der Waals surface area contributed by atoms with E-state index in [2.05, 4.69) is 20.5 Å². The summed E-state index contributed by atoms with van der Waals surface area (Å²) in [4.78, 5) is 20.2. The number of hydrazone groups is 1. The molecule has 0 radical (unpaired) electrons. The zero-order chi connectivity index (χ0) is 16.1. The molecule has 0 atom stereocenters. The van der Waals surface area contributed by atoms with Gasteiger partial charge in [0.05, 0.1) is 11.9 Å². The van der Waals surface area contributed by atoms with E-state index in [1.165, 1.54) is 17.6 Å². The number of pyridine rings is 1. The fraction of sp³-hybridized carbons (Fsp3) is 0. The summed E-state index contributed by atoms with van der Waals surface area (Å²) in [5, 5.41) is 7.30. The Morgan fingerprint density at radius 1 is 1.22 bits per heavy atom. The van der Waals surface area contributed by atoms with Crippen LogP contribution < -0.4 is 5.43 Å². The minimum Gasteiger partial charge on any atom is -0.266 e. The molecule has 1 aromatic carbocycles. The largest absolute Gasteiger partial charge is 0.289 e. The van der Waals surface area contributed by atoms with Crippen molar-refractivity contribution in [3.8, 4) is 10.6 Å². The summed E-state index contributed by atoms with van der Waals surface area (Å²) in [7, 11) is 0. The van der Waals surface area contributed by atoms with Crippen molar-refractivity contribution in [2.45, 2.75) is 0 Å². The lowest BCUT2D eigenvalue weighted by Gasteiger charge is -1.97. The van der Waals surface area contributed by atoms with Gasteiger partial charge in [0.1, 0.15) is 10.7 Å². The Balaban J connectivity index is 1.65. The van der Waals surface area contributed by atoms with E-state index in [0.717, 1.165) is 10.6 Å². The average molecular weight is 343 g/mol. The molecule has 0 aliphatic heterocycles. The monoisotopic (exact) mass is 342 g/mol. The number of hydrogen-bond donors (Lipinski definition) is 1. The van der Waals surface area contributed by atoms with Crippen molar-refractivity contribution in [2.24, 2.45) is 5.10 Å². The van der Waals surface area contributed by atoms with E-state index in [0.29, 0.717) is 16.4 Å². The van der Waals surface area contributed by atoms with E-state index < -0.39 is 0 Å². The minimum atomic E-state index is -0.366. The molecule has 0 saturated carbocycles. The fourth-order valence-electron chi connectivity index (χ4n) is 1.78. The summed E-state index contributed by atoms with van der Waals surface area (Å²) in [6.07, 6.45) is 3.05. The normalized spacial score (nSPS) is 10.8. The van der Waals surface area contributed by atoms with Gasteiger partial charge >= 0.3 is 0 Å². The van der Waals surface area contributed by atoms with Gasteiger partial charge in [-0.25, -0.2) is 10.4 Å². The Hall–Kier alpha value is -2.57. The lowest BCUT2D eigenvalue weighted by Crippen LogP contribution is -2.18. The molecular weight excluding hydrogens is 332 g/mol. The third-order valence-electron chi connectivity index (χ3n) is 2.87. The quantitative estimate of drug-likeness (QED) is 0.581. The maximum atomic E-state index is 11.8. The number of nitrogens with one attached hydrogen (secondary N) is 1. The van der Waals surface area contributed by atoms with Gasteiger partial charge < -0.3 is 0 Å². The van der Waals surface area contributed by atoms with Gasteiger partial charge in [0.25, 0.3) is 5.91 Å². The van der Waals surface area contributed by atoms with Crippen LogP contribution in [0.4, 0.5) is 0 Å². The Kier molecular flexibility index (Phi) is 4.75. The van der Waals surface area contributed by atoms with Crippen molar-refractivity contribution in [1.29, 1.82) is 0 Å². The number of amides is 1.